The van der Waals surface area contributed by atoms with Crippen LogP contribution in [-0.4, -0.2) is 4.98 Å². The Kier molecular flexibility index (Phi) is 4.63. The highest BCUT2D eigenvalue weighted by Crippen LogP contribution is 2.20. The minimum Gasteiger partial charge on any atom is -0.245 e. The molecule has 0 radical (unpaired) electrons. The van der Waals surface area contributed by atoms with Crippen LogP contribution in [0.15, 0.2) is 35.2 Å². The topological polar surface area (TPSA) is 12.9 Å². The highest BCUT2D eigenvalue weighted by atomic mass is 35.5. The van der Waals surface area contributed by atoms with Gasteiger partial charge in [-0.3, -0.25) is 0 Å². The average molecular weight is 226 g/mol. The quantitative estimate of drug-likeness (QED) is 0.697. The Labute approximate surface area is 93.4 Å². The van der Waals surface area contributed by atoms with Gasteiger partial charge in [-0.05, 0) is 12.1 Å². The number of halogens is 1. The van der Waals surface area contributed by atoms with E-state index >= 15 is 0 Å². The van der Waals surface area contributed by atoms with E-state index < -0.39 is 0 Å². The van der Waals surface area contributed by atoms with E-state index in [1.165, 1.54) is 0 Å². The highest BCUT2D eigenvalue weighted by molar-refractivity contribution is 7.07. The van der Waals surface area contributed by atoms with Crippen molar-refractivity contribution in [2.45, 2.75) is 13.8 Å². The number of hydrogen-bond acceptors (Lipinski definition) is 2. The molecule has 0 amide bonds. The minimum absolute atomic E-state index is 0.758. The molecule has 0 aliphatic heterocycles. The molecule has 1 aromatic heterocycles. The predicted molar refractivity (Wildman–Crippen MR) is 63.9 cm³/mol. The molecule has 0 saturated carbocycles. The van der Waals surface area contributed by atoms with Crippen LogP contribution in [-0.2, 0) is 0 Å². The predicted octanol–water partition coefficient (Wildman–Crippen LogP) is 4.49. The zero-order valence-corrected chi connectivity index (χ0v) is 9.77. The van der Waals surface area contributed by atoms with E-state index in [4.69, 9.17) is 11.6 Å². The van der Waals surface area contributed by atoms with Gasteiger partial charge >= 0.3 is 0 Å². The maximum Gasteiger partial charge on any atom is 0.0811 e. The van der Waals surface area contributed by atoms with Gasteiger partial charge < -0.3 is 0 Å². The molecule has 0 spiro atoms. The van der Waals surface area contributed by atoms with Gasteiger partial charge in [0.05, 0.1) is 11.2 Å². The SMILES string of the molecule is CC.Clc1ccc(-c2cscn2)cc1. The third-order valence-electron chi connectivity index (χ3n) is 1.57. The summed E-state index contributed by atoms with van der Waals surface area (Å²) in [7, 11) is 0. The lowest BCUT2D eigenvalue weighted by atomic mass is 10.2. The van der Waals surface area contributed by atoms with E-state index in [2.05, 4.69) is 4.98 Å². The third kappa shape index (κ3) is 2.82. The van der Waals surface area contributed by atoms with Crippen LogP contribution in [0, 0.1) is 0 Å². The van der Waals surface area contributed by atoms with Crippen LogP contribution in [0.5, 0.6) is 0 Å². The number of thiazole rings is 1. The molecule has 74 valence electrons. The maximum atomic E-state index is 5.76. The van der Waals surface area contributed by atoms with Crippen molar-refractivity contribution in [2.75, 3.05) is 0 Å². The Bertz CT molecular complexity index is 353. The summed E-state index contributed by atoms with van der Waals surface area (Å²) in [5.74, 6) is 0. The first-order valence-electron chi connectivity index (χ1n) is 4.50. The van der Waals surface area contributed by atoms with E-state index in [9.17, 15) is 0 Å². The Balaban J connectivity index is 0.000000461. The first-order valence-corrected chi connectivity index (χ1v) is 5.82. The van der Waals surface area contributed by atoms with Crippen LogP contribution >= 0.6 is 22.9 Å². The largest absolute Gasteiger partial charge is 0.245 e. The lowest BCUT2D eigenvalue weighted by Crippen LogP contribution is -1.74. The standard InChI is InChI=1S/C9H6ClNS.C2H6/c10-8-3-1-7(2-4-8)9-5-12-6-11-9;1-2/h1-6H;1-2H3. The number of hydrogen-bond donors (Lipinski definition) is 0. The first kappa shape index (κ1) is 11.2. The lowest BCUT2D eigenvalue weighted by molar-refractivity contribution is 1.41. The van der Waals surface area contributed by atoms with Crippen molar-refractivity contribution in [1.82, 2.24) is 4.98 Å². The lowest BCUT2D eigenvalue weighted by Gasteiger charge is -1.94. The summed E-state index contributed by atoms with van der Waals surface area (Å²) in [6.45, 7) is 4.00. The van der Waals surface area contributed by atoms with Gasteiger partial charge in [0, 0.05) is 16.0 Å². The molecule has 0 N–H and O–H groups in total. The molecule has 2 aromatic rings. The molecule has 0 aliphatic rings. The number of nitrogens with zero attached hydrogens (tertiary/aromatic N) is 1. The molecule has 0 saturated heterocycles. The fraction of sp³-hybridized carbons (Fsp3) is 0.182. The molecule has 0 atom stereocenters. The molecule has 0 fully saturated rings. The van der Waals surface area contributed by atoms with E-state index in [-0.39, 0.29) is 0 Å². The fourth-order valence-electron chi connectivity index (χ4n) is 0.976. The molecule has 0 aliphatic carbocycles. The Morgan fingerprint density at radius 3 is 2.29 bits per heavy atom. The summed E-state index contributed by atoms with van der Waals surface area (Å²) in [6, 6.07) is 7.68. The van der Waals surface area contributed by atoms with Gasteiger partial charge in [0.25, 0.3) is 0 Å². The van der Waals surface area contributed by atoms with Crippen LogP contribution in [0.4, 0.5) is 0 Å². The minimum atomic E-state index is 0.758. The summed E-state index contributed by atoms with van der Waals surface area (Å²) >= 11 is 7.35. The smallest absolute Gasteiger partial charge is 0.0811 e. The summed E-state index contributed by atoms with van der Waals surface area (Å²) < 4.78 is 0. The van der Waals surface area contributed by atoms with E-state index in [1.807, 2.05) is 49.0 Å². The second-order valence-electron chi connectivity index (χ2n) is 2.38. The van der Waals surface area contributed by atoms with Crippen LogP contribution in [0.2, 0.25) is 5.02 Å². The third-order valence-corrected chi connectivity index (χ3v) is 2.41. The van der Waals surface area contributed by atoms with Crippen molar-refractivity contribution < 1.29 is 0 Å². The Morgan fingerprint density at radius 1 is 1.14 bits per heavy atom. The number of benzene rings is 1. The van der Waals surface area contributed by atoms with Gasteiger partial charge in [-0.2, -0.15) is 0 Å². The van der Waals surface area contributed by atoms with Crippen LogP contribution in [0.25, 0.3) is 11.3 Å². The van der Waals surface area contributed by atoms with E-state index in [0.29, 0.717) is 0 Å². The van der Waals surface area contributed by atoms with Gasteiger partial charge in [0.1, 0.15) is 0 Å². The fourth-order valence-corrected chi connectivity index (χ4v) is 1.66. The van der Waals surface area contributed by atoms with Gasteiger partial charge in [-0.1, -0.05) is 37.6 Å². The van der Waals surface area contributed by atoms with Gasteiger partial charge in [-0.25, -0.2) is 4.98 Å². The van der Waals surface area contributed by atoms with Crippen molar-refractivity contribution >= 4 is 22.9 Å². The van der Waals surface area contributed by atoms with Crippen molar-refractivity contribution in [1.29, 1.82) is 0 Å². The van der Waals surface area contributed by atoms with E-state index in [1.54, 1.807) is 11.3 Å². The second kappa shape index (κ2) is 5.78. The molecule has 1 aromatic carbocycles. The summed E-state index contributed by atoms with van der Waals surface area (Å²) in [5, 5.41) is 2.78. The molecule has 2 rings (SSSR count). The molecule has 1 nitrogen and oxygen atoms in total. The van der Waals surface area contributed by atoms with Crippen LogP contribution < -0.4 is 0 Å². The Morgan fingerprint density at radius 2 is 1.79 bits per heavy atom. The Hall–Kier alpha value is -0.860. The van der Waals surface area contributed by atoms with Crippen LogP contribution in [0.1, 0.15) is 13.8 Å². The number of rotatable bonds is 1. The first-order chi connectivity index (χ1) is 6.86. The average Bonchev–Trinajstić information content (AvgIpc) is 2.75. The van der Waals surface area contributed by atoms with E-state index in [0.717, 1.165) is 16.3 Å². The van der Waals surface area contributed by atoms with Gasteiger partial charge in [0.15, 0.2) is 0 Å². The molecule has 3 heteroatoms. The maximum absolute atomic E-state index is 5.76. The highest BCUT2D eigenvalue weighted by Gasteiger charge is 1.97. The zero-order valence-electron chi connectivity index (χ0n) is 8.20. The van der Waals surface area contributed by atoms with Crippen molar-refractivity contribution in [3.8, 4) is 11.3 Å². The molecule has 0 bridgehead atoms. The monoisotopic (exact) mass is 225 g/mol. The van der Waals surface area contributed by atoms with Gasteiger partial charge in [0.2, 0.25) is 0 Å². The van der Waals surface area contributed by atoms with Crippen LogP contribution in [0.3, 0.4) is 0 Å². The molecule has 1 heterocycles. The second-order valence-corrected chi connectivity index (χ2v) is 3.54. The van der Waals surface area contributed by atoms with Crippen molar-refractivity contribution in [2.24, 2.45) is 0 Å². The molecule has 0 unspecified atom stereocenters. The molecular formula is C11H12ClNS. The molecule has 14 heavy (non-hydrogen) atoms. The number of aromatic nitrogens is 1. The summed E-state index contributed by atoms with van der Waals surface area (Å²) in [4.78, 5) is 4.19. The summed E-state index contributed by atoms with van der Waals surface area (Å²) in [5.41, 5.74) is 3.95. The summed E-state index contributed by atoms with van der Waals surface area (Å²) in [6.07, 6.45) is 0. The normalized spacial score (nSPS) is 9.07. The van der Waals surface area contributed by atoms with Crippen molar-refractivity contribution in [3.63, 3.8) is 0 Å². The van der Waals surface area contributed by atoms with Gasteiger partial charge in [-0.15, -0.1) is 11.3 Å². The molecular weight excluding hydrogens is 214 g/mol. The van der Waals surface area contributed by atoms with Crippen molar-refractivity contribution in [3.05, 3.63) is 40.2 Å². The zero-order chi connectivity index (χ0) is 10.4.